The van der Waals surface area contributed by atoms with Crippen LogP contribution in [-0.2, 0) is 4.79 Å². The molecule has 1 aromatic heterocycles. The molecule has 21 heavy (non-hydrogen) atoms. The summed E-state index contributed by atoms with van der Waals surface area (Å²) in [6, 6.07) is 3.03. The minimum Gasteiger partial charge on any atom is -0.416 e. The Morgan fingerprint density at radius 3 is 2.52 bits per heavy atom. The molecule has 2 rings (SSSR count). The Morgan fingerprint density at radius 1 is 1.38 bits per heavy atom. The maximum Gasteiger partial charge on any atom is 0.277 e. The fraction of sp³-hybridized carbons (Fsp3) is 0.250. The number of nitrogen functional groups attached to an aromatic ring is 1. The highest BCUT2D eigenvalue weighted by Crippen LogP contribution is 2.33. The highest BCUT2D eigenvalue weighted by molar-refractivity contribution is 8.00. The molecule has 0 fully saturated rings. The Hall–Kier alpha value is -1.44. The molecule has 0 spiro atoms. The minimum atomic E-state index is -0.463. The Kier molecular flexibility index (Phi) is 4.97. The zero-order valence-corrected chi connectivity index (χ0v) is 13.5. The van der Waals surface area contributed by atoms with Gasteiger partial charge in [-0.05, 0) is 19.1 Å². The lowest BCUT2D eigenvalue weighted by Gasteiger charge is -2.13. The van der Waals surface area contributed by atoms with Gasteiger partial charge in [0.05, 0.1) is 21.0 Å². The maximum atomic E-state index is 12.1. The molecule has 6 nitrogen and oxygen atoms in total. The number of halogens is 2. The molecule has 0 bridgehead atoms. The van der Waals surface area contributed by atoms with Gasteiger partial charge < -0.3 is 15.5 Å². The van der Waals surface area contributed by atoms with Gasteiger partial charge in [0.15, 0.2) is 0 Å². The number of thioether (sulfide) groups is 1. The van der Waals surface area contributed by atoms with Gasteiger partial charge in [-0.3, -0.25) is 4.79 Å². The molecular weight excluding hydrogens is 335 g/mol. The molecular formula is C12H12Cl2N4O2S. The average Bonchev–Trinajstić information content (AvgIpc) is 2.78. The number of aromatic nitrogens is 2. The van der Waals surface area contributed by atoms with Gasteiger partial charge in [-0.25, -0.2) is 0 Å². The van der Waals surface area contributed by atoms with Gasteiger partial charge >= 0.3 is 0 Å². The molecule has 3 N–H and O–H groups in total. The zero-order valence-electron chi connectivity index (χ0n) is 11.2. The number of carbonyl (C=O) groups excluding carboxylic acids is 1. The number of aryl methyl sites for hydroxylation is 1. The van der Waals surface area contributed by atoms with Crippen LogP contribution in [0.25, 0.3) is 0 Å². The number of benzene rings is 1. The van der Waals surface area contributed by atoms with Crippen molar-refractivity contribution in [3.05, 3.63) is 28.1 Å². The Bertz CT molecular complexity index is 654. The molecule has 0 saturated carbocycles. The Balaban J connectivity index is 2.07. The van der Waals surface area contributed by atoms with Crippen LogP contribution in [0.2, 0.25) is 10.0 Å². The number of hydrogen-bond donors (Lipinski definition) is 2. The van der Waals surface area contributed by atoms with Crippen LogP contribution in [0.4, 0.5) is 11.4 Å². The van der Waals surface area contributed by atoms with E-state index in [4.69, 9.17) is 33.4 Å². The molecule has 1 amide bonds. The second kappa shape index (κ2) is 6.55. The highest BCUT2D eigenvalue weighted by Gasteiger charge is 2.20. The van der Waals surface area contributed by atoms with E-state index in [0.717, 1.165) is 11.8 Å². The Labute approximate surface area is 135 Å². The zero-order chi connectivity index (χ0) is 15.6. The molecule has 1 aromatic carbocycles. The number of amides is 1. The van der Waals surface area contributed by atoms with Crippen LogP contribution in [0.1, 0.15) is 12.8 Å². The van der Waals surface area contributed by atoms with E-state index in [1.165, 1.54) is 12.1 Å². The maximum absolute atomic E-state index is 12.1. The molecule has 0 aliphatic heterocycles. The first kappa shape index (κ1) is 15.9. The minimum absolute atomic E-state index is 0.277. The number of nitrogens with zero attached hydrogens (tertiary/aromatic N) is 2. The van der Waals surface area contributed by atoms with Crippen molar-refractivity contribution in [2.24, 2.45) is 0 Å². The van der Waals surface area contributed by atoms with Gasteiger partial charge in [0.25, 0.3) is 5.22 Å². The van der Waals surface area contributed by atoms with Crippen molar-refractivity contribution in [3.8, 4) is 0 Å². The number of rotatable bonds is 4. The first-order valence-corrected chi connectivity index (χ1v) is 7.52. The second-order valence-electron chi connectivity index (χ2n) is 4.20. The summed E-state index contributed by atoms with van der Waals surface area (Å²) in [5.74, 6) is 0.152. The van der Waals surface area contributed by atoms with E-state index >= 15 is 0 Å². The first-order chi connectivity index (χ1) is 9.86. The Morgan fingerprint density at radius 2 is 2.00 bits per heavy atom. The first-order valence-electron chi connectivity index (χ1n) is 5.89. The van der Waals surface area contributed by atoms with Crippen LogP contribution >= 0.6 is 35.0 Å². The highest BCUT2D eigenvalue weighted by atomic mass is 35.5. The van der Waals surface area contributed by atoms with Gasteiger partial charge in [-0.1, -0.05) is 35.0 Å². The standard InChI is InChI=1S/C12H12Cl2N4O2S/c1-5(21-12-18-17-6(2)20-12)11(19)16-10-8(13)3-7(15)4-9(10)14/h3-5H,15H2,1-2H3,(H,16,19). The summed E-state index contributed by atoms with van der Waals surface area (Å²) in [5, 5.41) is 10.6. The molecule has 1 atom stereocenters. The fourth-order valence-electron chi connectivity index (χ4n) is 1.47. The summed E-state index contributed by atoms with van der Waals surface area (Å²) in [6.45, 7) is 3.38. The van der Waals surface area contributed by atoms with E-state index in [1.54, 1.807) is 13.8 Å². The van der Waals surface area contributed by atoms with Crippen molar-refractivity contribution in [2.45, 2.75) is 24.3 Å². The van der Waals surface area contributed by atoms with Crippen LogP contribution in [0.15, 0.2) is 21.8 Å². The molecule has 0 aliphatic carbocycles. The van der Waals surface area contributed by atoms with E-state index < -0.39 is 5.25 Å². The van der Waals surface area contributed by atoms with Crippen LogP contribution < -0.4 is 11.1 Å². The summed E-state index contributed by atoms with van der Waals surface area (Å²) in [4.78, 5) is 12.1. The van der Waals surface area contributed by atoms with Gasteiger partial charge in [-0.2, -0.15) is 0 Å². The van der Waals surface area contributed by atoms with Crippen molar-refractivity contribution in [2.75, 3.05) is 11.1 Å². The van der Waals surface area contributed by atoms with Crippen LogP contribution in [0, 0.1) is 6.92 Å². The van der Waals surface area contributed by atoms with E-state index in [-0.39, 0.29) is 16.0 Å². The van der Waals surface area contributed by atoms with Crippen LogP contribution in [-0.4, -0.2) is 21.4 Å². The predicted octanol–water partition coefficient (Wildman–Crippen LogP) is 3.39. The topological polar surface area (TPSA) is 94.0 Å². The number of anilines is 2. The molecule has 1 unspecified atom stereocenters. The third kappa shape index (κ3) is 4.03. The second-order valence-corrected chi connectivity index (χ2v) is 6.30. The van der Waals surface area contributed by atoms with E-state index in [0.29, 0.717) is 22.5 Å². The van der Waals surface area contributed by atoms with Gasteiger partial charge in [0, 0.05) is 12.6 Å². The van der Waals surface area contributed by atoms with E-state index in [1.807, 2.05) is 0 Å². The van der Waals surface area contributed by atoms with Crippen molar-refractivity contribution >= 4 is 52.2 Å². The molecule has 9 heteroatoms. The third-order valence-corrected chi connectivity index (χ3v) is 4.00. The monoisotopic (exact) mass is 346 g/mol. The average molecular weight is 347 g/mol. The molecule has 2 aromatic rings. The molecule has 0 radical (unpaired) electrons. The van der Waals surface area contributed by atoms with Crippen LogP contribution in [0.5, 0.6) is 0 Å². The van der Waals surface area contributed by atoms with Crippen molar-refractivity contribution in [1.82, 2.24) is 10.2 Å². The van der Waals surface area contributed by atoms with E-state index in [2.05, 4.69) is 15.5 Å². The van der Waals surface area contributed by atoms with Crippen molar-refractivity contribution < 1.29 is 9.21 Å². The number of nitrogens with two attached hydrogens (primary N) is 1. The smallest absolute Gasteiger partial charge is 0.277 e. The summed E-state index contributed by atoms with van der Waals surface area (Å²) in [7, 11) is 0. The molecule has 112 valence electrons. The third-order valence-electron chi connectivity index (χ3n) is 2.47. The lowest BCUT2D eigenvalue weighted by molar-refractivity contribution is -0.115. The summed E-state index contributed by atoms with van der Waals surface area (Å²) < 4.78 is 5.21. The van der Waals surface area contributed by atoms with Crippen LogP contribution in [0.3, 0.4) is 0 Å². The predicted molar refractivity (Wildman–Crippen MR) is 83.9 cm³/mol. The fourth-order valence-corrected chi connectivity index (χ4v) is 2.79. The summed E-state index contributed by atoms with van der Waals surface area (Å²) >= 11 is 13.2. The van der Waals surface area contributed by atoms with E-state index in [9.17, 15) is 4.79 Å². The lowest BCUT2D eigenvalue weighted by atomic mass is 10.2. The molecule has 0 aliphatic rings. The van der Waals surface area contributed by atoms with Crippen molar-refractivity contribution in [3.63, 3.8) is 0 Å². The number of carbonyl (C=O) groups is 1. The molecule has 0 saturated heterocycles. The van der Waals surface area contributed by atoms with Gasteiger partial charge in [0.2, 0.25) is 11.8 Å². The largest absolute Gasteiger partial charge is 0.416 e. The number of nitrogens with one attached hydrogen (secondary N) is 1. The lowest BCUT2D eigenvalue weighted by Crippen LogP contribution is -2.22. The number of hydrogen-bond acceptors (Lipinski definition) is 6. The summed E-state index contributed by atoms with van der Waals surface area (Å²) in [6.07, 6.45) is 0. The quantitative estimate of drug-likeness (QED) is 0.650. The van der Waals surface area contributed by atoms with Gasteiger partial charge in [0.1, 0.15) is 0 Å². The van der Waals surface area contributed by atoms with Crippen molar-refractivity contribution in [1.29, 1.82) is 0 Å². The summed E-state index contributed by atoms with van der Waals surface area (Å²) in [5.41, 5.74) is 6.36. The normalized spacial score (nSPS) is 12.2. The SMILES string of the molecule is Cc1nnc(SC(C)C(=O)Nc2c(Cl)cc(N)cc2Cl)o1. The molecule has 1 heterocycles. The van der Waals surface area contributed by atoms with Gasteiger partial charge in [-0.15, -0.1) is 10.2 Å².